The van der Waals surface area contributed by atoms with Crippen LogP contribution in [0.4, 0.5) is 0 Å². The largest absolute Gasteiger partial charge is 0.356 e. The van der Waals surface area contributed by atoms with Crippen LogP contribution >= 0.6 is 0 Å². The summed E-state index contributed by atoms with van der Waals surface area (Å²) in [5.41, 5.74) is 5.31. The normalized spacial score (nSPS) is 9.83. The van der Waals surface area contributed by atoms with Gasteiger partial charge >= 0.3 is 0 Å². The zero-order valence-electron chi connectivity index (χ0n) is 7.81. The van der Waals surface area contributed by atoms with Crippen LogP contribution in [0.3, 0.4) is 0 Å². The van der Waals surface area contributed by atoms with Gasteiger partial charge in [0.25, 0.3) is 0 Å². The second-order valence-corrected chi connectivity index (χ2v) is 2.78. The minimum atomic E-state index is 0.0499. The average Bonchev–Trinajstić information content (AvgIpc) is 2.09. The van der Waals surface area contributed by atoms with E-state index in [0.29, 0.717) is 6.54 Å². The van der Waals surface area contributed by atoms with Gasteiger partial charge in [0.2, 0.25) is 5.91 Å². The predicted octanol–water partition coefficient (Wildman–Crippen LogP) is 0.846. The molecule has 1 amide bonds. The molecular weight excluding hydrogens is 152 g/mol. The molecule has 0 aromatic carbocycles. The highest BCUT2D eigenvalue weighted by molar-refractivity contribution is 5.84. The Labute approximate surface area is 74.7 Å². The maximum atomic E-state index is 11.0. The molecular formula is C9H19N2O. The number of carbonyl (C=O) groups is 1. The Morgan fingerprint density at radius 3 is 2.83 bits per heavy atom. The molecule has 3 nitrogen and oxygen atoms in total. The summed E-state index contributed by atoms with van der Waals surface area (Å²) in [6, 6.07) is 0. The maximum absolute atomic E-state index is 11.0. The van der Waals surface area contributed by atoms with Crippen molar-refractivity contribution >= 4 is 5.91 Å². The Hall–Kier alpha value is -0.570. The molecule has 0 aliphatic rings. The molecule has 3 N–H and O–H groups in total. The van der Waals surface area contributed by atoms with Gasteiger partial charge in [-0.3, -0.25) is 4.79 Å². The van der Waals surface area contributed by atoms with Gasteiger partial charge in [0.15, 0.2) is 0 Å². The molecule has 0 saturated carbocycles. The van der Waals surface area contributed by atoms with E-state index in [1.807, 2.05) is 0 Å². The summed E-state index contributed by atoms with van der Waals surface area (Å²) in [7, 11) is 0. The SMILES string of the molecule is CCC[CH]C(=O)NCCCCN. The fourth-order valence-electron chi connectivity index (χ4n) is 0.829. The van der Waals surface area contributed by atoms with E-state index in [0.717, 1.165) is 32.2 Å². The van der Waals surface area contributed by atoms with Crippen LogP contribution in [0.2, 0.25) is 0 Å². The molecule has 0 aromatic heterocycles. The number of amides is 1. The summed E-state index contributed by atoms with van der Waals surface area (Å²) in [5.74, 6) is 0.0499. The van der Waals surface area contributed by atoms with Crippen molar-refractivity contribution in [1.82, 2.24) is 5.32 Å². The van der Waals surface area contributed by atoms with Gasteiger partial charge in [-0.1, -0.05) is 13.3 Å². The minimum absolute atomic E-state index is 0.0499. The van der Waals surface area contributed by atoms with Gasteiger partial charge in [0.05, 0.1) is 0 Å². The first-order valence-corrected chi connectivity index (χ1v) is 4.62. The van der Waals surface area contributed by atoms with Crippen molar-refractivity contribution in [2.75, 3.05) is 13.1 Å². The highest BCUT2D eigenvalue weighted by atomic mass is 16.1. The van der Waals surface area contributed by atoms with Crippen LogP contribution < -0.4 is 11.1 Å². The van der Waals surface area contributed by atoms with Crippen molar-refractivity contribution < 1.29 is 4.79 Å². The Bertz CT molecular complexity index is 115. The van der Waals surface area contributed by atoms with E-state index < -0.39 is 0 Å². The van der Waals surface area contributed by atoms with Crippen molar-refractivity contribution in [2.24, 2.45) is 5.73 Å². The number of hydrogen-bond donors (Lipinski definition) is 2. The third kappa shape index (κ3) is 7.54. The molecule has 0 bridgehead atoms. The maximum Gasteiger partial charge on any atom is 0.223 e. The second-order valence-electron chi connectivity index (χ2n) is 2.78. The molecule has 3 heteroatoms. The molecule has 0 aliphatic carbocycles. The van der Waals surface area contributed by atoms with Crippen LogP contribution in [0.1, 0.15) is 32.6 Å². The molecule has 0 unspecified atom stereocenters. The standard InChI is InChI=1S/C9H19N2O/c1-2-3-6-9(12)11-8-5-4-7-10/h6H,2-5,7-8,10H2,1H3,(H,11,12). The van der Waals surface area contributed by atoms with Gasteiger partial charge in [0, 0.05) is 13.0 Å². The summed E-state index contributed by atoms with van der Waals surface area (Å²) < 4.78 is 0. The van der Waals surface area contributed by atoms with Crippen molar-refractivity contribution in [3.05, 3.63) is 6.42 Å². The number of hydrogen-bond acceptors (Lipinski definition) is 2. The third-order valence-corrected chi connectivity index (χ3v) is 1.55. The fourth-order valence-corrected chi connectivity index (χ4v) is 0.829. The van der Waals surface area contributed by atoms with Gasteiger partial charge in [-0.15, -0.1) is 0 Å². The fraction of sp³-hybridized carbons (Fsp3) is 0.778. The van der Waals surface area contributed by atoms with E-state index in [9.17, 15) is 4.79 Å². The molecule has 1 radical (unpaired) electrons. The number of rotatable bonds is 7. The van der Waals surface area contributed by atoms with Gasteiger partial charge in [-0.25, -0.2) is 0 Å². The van der Waals surface area contributed by atoms with E-state index in [1.54, 1.807) is 6.42 Å². The summed E-state index contributed by atoms with van der Waals surface area (Å²) >= 11 is 0. The molecule has 0 atom stereocenters. The highest BCUT2D eigenvalue weighted by Crippen LogP contribution is 1.91. The Balaban J connectivity index is 3.08. The molecule has 71 valence electrons. The lowest BCUT2D eigenvalue weighted by atomic mass is 10.2. The Kier molecular flexibility index (Phi) is 8.12. The summed E-state index contributed by atoms with van der Waals surface area (Å²) in [4.78, 5) is 11.0. The first kappa shape index (κ1) is 11.4. The van der Waals surface area contributed by atoms with Gasteiger partial charge in [-0.2, -0.15) is 0 Å². The number of nitrogens with one attached hydrogen (secondary N) is 1. The monoisotopic (exact) mass is 171 g/mol. The quantitative estimate of drug-likeness (QED) is 0.558. The zero-order chi connectivity index (χ0) is 9.23. The van der Waals surface area contributed by atoms with Gasteiger partial charge < -0.3 is 11.1 Å². The summed E-state index contributed by atoms with van der Waals surface area (Å²) in [5, 5.41) is 2.80. The molecule has 12 heavy (non-hydrogen) atoms. The lowest BCUT2D eigenvalue weighted by Crippen LogP contribution is -2.24. The van der Waals surface area contributed by atoms with E-state index >= 15 is 0 Å². The van der Waals surface area contributed by atoms with Crippen molar-refractivity contribution in [3.63, 3.8) is 0 Å². The van der Waals surface area contributed by atoms with Crippen molar-refractivity contribution in [2.45, 2.75) is 32.6 Å². The van der Waals surface area contributed by atoms with Crippen LogP contribution in [0.15, 0.2) is 0 Å². The van der Waals surface area contributed by atoms with Gasteiger partial charge in [-0.05, 0) is 25.8 Å². The summed E-state index contributed by atoms with van der Waals surface area (Å²) in [6.45, 7) is 3.50. The number of nitrogens with two attached hydrogens (primary N) is 1. The van der Waals surface area contributed by atoms with E-state index in [-0.39, 0.29) is 5.91 Å². The summed E-state index contributed by atoms with van der Waals surface area (Å²) in [6.07, 6.45) is 5.54. The highest BCUT2D eigenvalue weighted by Gasteiger charge is 1.98. The first-order chi connectivity index (χ1) is 5.81. The molecule has 0 heterocycles. The van der Waals surface area contributed by atoms with Crippen molar-refractivity contribution in [3.8, 4) is 0 Å². The van der Waals surface area contributed by atoms with Crippen LogP contribution in [-0.4, -0.2) is 19.0 Å². The number of carbonyl (C=O) groups excluding carboxylic acids is 1. The van der Waals surface area contributed by atoms with E-state index in [1.165, 1.54) is 0 Å². The minimum Gasteiger partial charge on any atom is -0.356 e. The van der Waals surface area contributed by atoms with Crippen LogP contribution in [-0.2, 0) is 4.79 Å². The smallest absolute Gasteiger partial charge is 0.223 e. The zero-order valence-corrected chi connectivity index (χ0v) is 7.81. The molecule has 0 fully saturated rings. The Morgan fingerprint density at radius 1 is 1.50 bits per heavy atom. The van der Waals surface area contributed by atoms with Crippen LogP contribution in [0.5, 0.6) is 0 Å². The number of unbranched alkanes of at least 4 members (excludes halogenated alkanes) is 2. The molecule has 0 saturated heterocycles. The van der Waals surface area contributed by atoms with E-state index in [2.05, 4.69) is 12.2 Å². The first-order valence-electron chi connectivity index (χ1n) is 4.62. The lowest BCUT2D eigenvalue weighted by Gasteiger charge is -2.02. The van der Waals surface area contributed by atoms with Crippen LogP contribution in [0, 0.1) is 6.42 Å². The third-order valence-electron chi connectivity index (χ3n) is 1.55. The molecule has 0 spiro atoms. The van der Waals surface area contributed by atoms with Gasteiger partial charge in [0.1, 0.15) is 0 Å². The Morgan fingerprint density at radius 2 is 2.25 bits per heavy atom. The van der Waals surface area contributed by atoms with Crippen molar-refractivity contribution in [1.29, 1.82) is 0 Å². The molecule has 0 rings (SSSR count). The van der Waals surface area contributed by atoms with Crippen LogP contribution in [0.25, 0.3) is 0 Å². The lowest BCUT2D eigenvalue weighted by molar-refractivity contribution is -0.118. The van der Waals surface area contributed by atoms with E-state index in [4.69, 9.17) is 5.73 Å². The molecule has 0 aliphatic heterocycles. The topological polar surface area (TPSA) is 55.1 Å². The average molecular weight is 171 g/mol. The predicted molar refractivity (Wildman–Crippen MR) is 50.5 cm³/mol. The molecule has 0 aromatic rings. The second kappa shape index (κ2) is 8.53.